The predicted molar refractivity (Wildman–Crippen MR) is 180 cm³/mol. The van der Waals surface area contributed by atoms with Crippen molar-refractivity contribution in [3.05, 3.63) is 82.9 Å². The average molecular weight is 763 g/mol. The van der Waals surface area contributed by atoms with Crippen molar-refractivity contribution in [2.45, 2.75) is 30.1 Å². The number of nitrogens with one attached hydrogen (secondary N) is 2. The fourth-order valence-corrected chi connectivity index (χ4v) is 7.08. The van der Waals surface area contributed by atoms with Crippen LogP contribution in [0.25, 0.3) is 0 Å². The molecule has 9 nitrogen and oxygen atoms in total. The predicted octanol–water partition coefficient (Wildman–Crippen LogP) is 5.57. The molecule has 3 aromatic carbocycles. The molecule has 3 heterocycles. The molecule has 0 aromatic heterocycles. The third-order valence-electron chi connectivity index (χ3n) is 9.15. The molecule has 284 valence electrons. The molecular weight excluding hydrogens is 724 g/mol. The van der Waals surface area contributed by atoms with E-state index < -0.39 is 45.1 Å². The maximum absolute atomic E-state index is 14.0. The first-order chi connectivity index (χ1) is 24.5. The molecule has 1 amide bonds. The zero-order chi connectivity index (χ0) is 37.8. The Morgan fingerprint density at radius 1 is 0.673 bits per heavy atom. The van der Waals surface area contributed by atoms with Gasteiger partial charge < -0.3 is 24.9 Å². The van der Waals surface area contributed by atoms with Crippen molar-refractivity contribution in [3.63, 3.8) is 0 Å². The zero-order valence-electron chi connectivity index (χ0n) is 28.1. The van der Waals surface area contributed by atoms with Crippen molar-refractivity contribution in [1.82, 2.24) is 14.9 Å². The minimum Gasteiger partial charge on any atom is -0.371 e. The Hall–Kier alpha value is -4.16. The molecule has 52 heavy (non-hydrogen) atoms. The lowest BCUT2D eigenvalue weighted by Gasteiger charge is -2.37. The van der Waals surface area contributed by atoms with E-state index in [1.807, 2.05) is 4.90 Å². The number of piperazine rings is 2. The second-order valence-electron chi connectivity index (χ2n) is 12.4. The fourth-order valence-electron chi connectivity index (χ4n) is 6.33. The summed E-state index contributed by atoms with van der Waals surface area (Å²) >= 11 is 0. The topological polar surface area (TPSA) is 88.2 Å². The van der Waals surface area contributed by atoms with E-state index >= 15 is 0 Å². The van der Waals surface area contributed by atoms with E-state index in [-0.39, 0.29) is 29.5 Å². The van der Waals surface area contributed by atoms with Crippen molar-refractivity contribution in [2.24, 2.45) is 0 Å². The Kier molecular flexibility index (Phi) is 11.9. The molecule has 0 radical (unpaired) electrons. The summed E-state index contributed by atoms with van der Waals surface area (Å²) in [4.78, 5) is 20.7. The summed E-state index contributed by atoms with van der Waals surface area (Å²) in [6.45, 7) is 5.49. The first-order valence-corrected chi connectivity index (χ1v) is 18.0. The summed E-state index contributed by atoms with van der Waals surface area (Å²) in [5.41, 5.74) is -0.760. The Morgan fingerprint density at radius 2 is 1.17 bits per heavy atom. The van der Waals surface area contributed by atoms with Gasteiger partial charge in [0, 0.05) is 82.5 Å². The van der Waals surface area contributed by atoms with Crippen molar-refractivity contribution in [3.8, 4) is 0 Å². The van der Waals surface area contributed by atoms with Gasteiger partial charge in [0.1, 0.15) is 11.6 Å². The van der Waals surface area contributed by atoms with Crippen LogP contribution < -0.4 is 24.7 Å². The Morgan fingerprint density at radius 3 is 1.63 bits per heavy atom. The summed E-state index contributed by atoms with van der Waals surface area (Å²) in [6, 6.07) is 10.4. The third-order valence-corrected chi connectivity index (χ3v) is 10.6. The molecular formula is C34H38F8N6O3S. The monoisotopic (exact) mass is 762 g/mol. The van der Waals surface area contributed by atoms with Crippen LogP contribution >= 0.6 is 0 Å². The molecule has 0 aliphatic carbocycles. The molecule has 3 fully saturated rings. The van der Waals surface area contributed by atoms with Gasteiger partial charge in [-0.25, -0.2) is 21.9 Å². The number of carbonyl (C=O) groups excluding carboxylic acids is 1. The molecule has 3 saturated heterocycles. The number of hydrogen-bond donors (Lipinski definition) is 2. The molecule has 0 spiro atoms. The van der Waals surface area contributed by atoms with Gasteiger partial charge in [0.15, 0.2) is 0 Å². The number of hydrogen-bond acceptors (Lipinski definition) is 7. The molecule has 18 heteroatoms. The maximum atomic E-state index is 14.0. The number of sulfonamides is 1. The molecule has 3 aliphatic rings. The van der Waals surface area contributed by atoms with Crippen LogP contribution in [-0.2, 0) is 22.4 Å². The normalized spacial score (nSPS) is 17.2. The second-order valence-corrected chi connectivity index (χ2v) is 14.3. The molecule has 3 aliphatic heterocycles. The standard InChI is InChI=1S/C23H26F4N4O3S.C11H12F4N2/c1-28-35(33,34)17-5-7-21(30-8-2-3-9-30)18(15-17)22(32)31-12-10-29(11-13-31)16-4-6-19(20(24)14-16)23(25,26)27;12-10-7-8(17-5-3-16-4-6-17)1-2-9(10)11(13,14)15/h4-7,14-15,28H,2-3,8-13H2,1H3;1-2,7,16H,3-6H2. The van der Waals surface area contributed by atoms with Crippen molar-refractivity contribution >= 4 is 33.0 Å². The smallest absolute Gasteiger partial charge is 0.371 e. The lowest BCUT2D eigenvalue weighted by Crippen LogP contribution is -2.49. The Balaban J connectivity index is 0.000000257. The highest BCUT2D eigenvalue weighted by molar-refractivity contribution is 7.89. The summed E-state index contributed by atoms with van der Waals surface area (Å²) in [5.74, 6) is -2.88. The molecule has 0 atom stereocenters. The van der Waals surface area contributed by atoms with Crippen LogP contribution in [0.1, 0.15) is 34.3 Å². The Labute approximate surface area is 296 Å². The first kappa shape index (κ1) is 39.1. The molecule has 2 N–H and O–H groups in total. The zero-order valence-corrected chi connectivity index (χ0v) is 28.9. The van der Waals surface area contributed by atoms with Crippen LogP contribution in [-0.4, -0.2) is 91.7 Å². The van der Waals surface area contributed by atoms with Gasteiger partial charge >= 0.3 is 12.4 Å². The first-order valence-electron chi connectivity index (χ1n) is 16.6. The van der Waals surface area contributed by atoms with Crippen LogP contribution in [0.15, 0.2) is 59.5 Å². The summed E-state index contributed by atoms with van der Waals surface area (Å²) in [7, 11) is -2.45. The highest BCUT2D eigenvalue weighted by Crippen LogP contribution is 2.35. The van der Waals surface area contributed by atoms with E-state index in [1.54, 1.807) is 15.9 Å². The largest absolute Gasteiger partial charge is 0.419 e. The molecule has 0 bridgehead atoms. The summed E-state index contributed by atoms with van der Waals surface area (Å²) < 4.78 is 130. The number of carbonyl (C=O) groups is 1. The van der Waals surface area contributed by atoms with Gasteiger partial charge in [0.05, 0.1) is 21.6 Å². The minimum atomic E-state index is -4.77. The average Bonchev–Trinajstić information content (AvgIpc) is 3.66. The van der Waals surface area contributed by atoms with Crippen molar-refractivity contribution in [1.29, 1.82) is 0 Å². The number of nitrogens with zero attached hydrogens (tertiary/aromatic N) is 4. The van der Waals surface area contributed by atoms with Gasteiger partial charge in [-0.05, 0) is 74.5 Å². The van der Waals surface area contributed by atoms with Crippen LogP contribution in [0.5, 0.6) is 0 Å². The van der Waals surface area contributed by atoms with Crippen LogP contribution in [0.3, 0.4) is 0 Å². The summed E-state index contributed by atoms with van der Waals surface area (Å²) in [6.07, 6.45) is -7.44. The van der Waals surface area contributed by atoms with Gasteiger partial charge in [-0.1, -0.05) is 0 Å². The van der Waals surface area contributed by atoms with Crippen LogP contribution in [0.4, 0.5) is 52.2 Å². The number of rotatable bonds is 6. The molecule has 3 aromatic rings. The number of benzene rings is 3. The van der Waals surface area contributed by atoms with E-state index in [9.17, 15) is 48.3 Å². The number of anilines is 3. The van der Waals surface area contributed by atoms with Gasteiger partial charge in [0.25, 0.3) is 5.91 Å². The van der Waals surface area contributed by atoms with E-state index in [0.717, 1.165) is 63.3 Å². The lowest BCUT2D eigenvalue weighted by atomic mass is 10.1. The van der Waals surface area contributed by atoms with Crippen LogP contribution in [0.2, 0.25) is 0 Å². The van der Waals surface area contributed by atoms with Crippen LogP contribution in [0, 0.1) is 11.6 Å². The van der Waals surface area contributed by atoms with E-state index in [4.69, 9.17) is 0 Å². The van der Waals surface area contributed by atoms with Crippen molar-refractivity contribution < 1.29 is 48.3 Å². The molecule has 0 saturated carbocycles. The van der Waals surface area contributed by atoms with Gasteiger partial charge in [-0.2, -0.15) is 26.3 Å². The van der Waals surface area contributed by atoms with Gasteiger partial charge in [-0.15, -0.1) is 0 Å². The number of amides is 1. The highest BCUT2D eigenvalue weighted by Gasteiger charge is 2.36. The summed E-state index contributed by atoms with van der Waals surface area (Å²) in [5, 5.41) is 3.12. The Bertz CT molecular complexity index is 1840. The second kappa shape index (κ2) is 15.8. The van der Waals surface area contributed by atoms with Crippen molar-refractivity contribution in [2.75, 3.05) is 87.2 Å². The number of alkyl halides is 6. The molecule has 0 unspecified atom stereocenters. The van der Waals surface area contributed by atoms with E-state index in [2.05, 4.69) is 14.9 Å². The fraction of sp³-hybridized carbons (Fsp3) is 0.441. The van der Waals surface area contributed by atoms with E-state index in [1.165, 1.54) is 31.3 Å². The maximum Gasteiger partial charge on any atom is 0.419 e. The SMILES string of the molecule is CNS(=O)(=O)c1ccc(N2CCCC2)c(C(=O)N2CCN(c3ccc(C(F)(F)F)c(F)c3)CC2)c1.Fc1cc(N2CCNCC2)ccc1C(F)(F)F. The lowest BCUT2D eigenvalue weighted by molar-refractivity contribution is -0.140. The number of halogens is 8. The molecule has 6 rings (SSSR count). The van der Waals surface area contributed by atoms with Gasteiger partial charge in [0.2, 0.25) is 10.0 Å². The highest BCUT2D eigenvalue weighted by atomic mass is 32.2. The minimum absolute atomic E-state index is 0.00911. The van der Waals surface area contributed by atoms with E-state index in [0.29, 0.717) is 43.2 Å². The third kappa shape index (κ3) is 9.06. The quantitative estimate of drug-likeness (QED) is 0.318. The van der Waals surface area contributed by atoms with Gasteiger partial charge in [-0.3, -0.25) is 4.79 Å².